The topological polar surface area (TPSA) is 74.7 Å². The van der Waals surface area contributed by atoms with Crippen LogP contribution in [0.5, 0.6) is 0 Å². The van der Waals surface area contributed by atoms with E-state index in [1.807, 2.05) is 0 Å². The van der Waals surface area contributed by atoms with Crippen LogP contribution in [0.25, 0.3) is 0 Å². The number of hydrogen-bond acceptors (Lipinski definition) is 5. The maximum atomic E-state index is 12.3. The lowest BCUT2D eigenvalue weighted by atomic mass is 10.5. The molecule has 8 heteroatoms. The van der Waals surface area contributed by atoms with Crippen molar-refractivity contribution in [2.45, 2.75) is 11.3 Å². The van der Waals surface area contributed by atoms with Crippen LogP contribution in [0.4, 0.5) is 0 Å². The van der Waals surface area contributed by atoms with E-state index in [9.17, 15) is 13.2 Å². The molecule has 1 fully saturated rings. The van der Waals surface area contributed by atoms with Crippen molar-refractivity contribution in [2.24, 2.45) is 0 Å². The van der Waals surface area contributed by atoms with Crippen molar-refractivity contribution in [3.05, 3.63) is 16.3 Å². The van der Waals surface area contributed by atoms with E-state index >= 15 is 0 Å². The molecule has 0 atom stereocenters. The monoisotopic (exact) mass is 307 g/mol. The largest absolute Gasteiger partial charge is 0.477 e. The standard InChI is InChI=1S/C10H13NO4S3/c12-10(13)9-6-8(7-17-9)18(14,15)11-2-1-4-16-5-3-11/h6-7H,1-5H2,(H,12,13). The molecule has 1 aliphatic heterocycles. The maximum Gasteiger partial charge on any atom is 0.345 e. The Morgan fingerprint density at radius 3 is 2.78 bits per heavy atom. The van der Waals surface area contributed by atoms with Crippen LogP contribution in [0.15, 0.2) is 16.3 Å². The van der Waals surface area contributed by atoms with E-state index in [4.69, 9.17) is 5.11 Å². The first-order chi connectivity index (χ1) is 8.51. The van der Waals surface area contributed by atoms with Crippen LogP contribution in [0.3, 0.4) is 0 Å². The Hall–Kier alpha value is -0.570. The molecule has 18 heavy (non-hydrogen) atoms. The Balaban J connectivity index is 2.25. The van der Waals surface area contributed by atoms with Gasteiger partial charge < -0.3 is 5.11 Å². The minimum atomic E-state index is -3.53. The number of carboxylic acids is 1. The summed E-state index contributed by atoms with van der Waals surface area (Å²) in [6.07, 6.45) is 0.833. The molecule has 2 rings (SSSR count). The summed E-state index contributed by atoms with van der Waals surface area (Å²) in [5.41, 5.74) is 0. The van der Waals surface area contributed by atoms with Gasteiger partial charge in [-0.25, -0.2) is 13.2 Å². The van der Waals surface area contributed by atoms with Gasteiger partial charge in [-0.2, -0.15) is 16.1 Å². The molecule has 0 aliphatic carbocycles. The van der Waals surface area contributed by atoms with Crippen molar-refractivity contribution >= 4 is 39.1 Å². The number of carbonyl (C=O) groups is 1. The fourth-order valence-corrected chi connectivity index (χ4v) is 5.26. The van der Waals surface area contributed by atoms with Crippen LogP contribution >= 0.6 is 23.1 Å². The van der Waals surface area contributed by atoms with Gasteiger partial charge in [0, 0.05) is 24.2 Å². The number of carboxylic acid groups (broad SMARTS) is 1. The molecule has 2 heterocycles. The van der Waals surface area contributed by atoms with Crippen LogP contribution in [-0.2, 0) is 10.0 Å². The third-order valence-electron chi connectivity index (χ3n) is 2.61. The molecule has 1 aromatic heterocycles. The Kier molecular flexibility index (Phi) is 4.31. The van der Waals surface area contributed by atoms with Crippen LogP contribution < -0.4 is 0 Å². The van der Waals surface area contributed by atoms with Crippen molar-refractivity contribution in [3.63, 3.8) is 0 Å². The second-order valence-electron chi connectivity index (χ2n) is 3.82. The summed E-state index contributed by atoms with van der Waals surface area (Å²) in [5, 5.41) is 10.2. The smallest absolute Gasteiger partial charge is 0.345 e. The van der Waals surface area contributed by atoms with Crippen LogP contribution in [0.1, 0.15) is 16.1 Å². The molecule has 1 saturated heterocycles. The molecule has 1 N–H and O–H groups in total. The molecular weight excluding hydrogens is 294 g/mol. The van der Waals surface area contributed by atoms with Gasteiger partial charge in [0.05, 0.1) is 4.90 Å². The summed E-state index contributed by atoms with van der Waals surface area (Å²) in [6, 6.07) is 1.24. The van der Waals surface area contributed by atoms with Gasteiger partial charge in [-0.1, -0.05) is 0 Å². The van der Waals surface area contributed by atoms with Crippen molar-refractivity contribution < 1.29 is 18.3 Å². The lowest BCUT2D eigenvalue weighted by Crippen LogP contribution is -2.32. The van der Waals surface area contributed by atoms with Gasteiger partial charge in [0.25, 0.3) is 0 Å². The van der Waals surface area contributed by atoms with E-state index in [0.29, 0.717) is 13.1 Å². The number of aromatic carboxylic acids is 1. The normalized spacial score (nSPS) is 18.4. The number of sulfonamides is 1. The Morgan fingerprint density at radius 2 is 2.11 bits per heavy atom. The Bertz CT molecular complexity index is 529. The maximum absolute atomic E-state index is 12.3. The highest BCUT2D eigenvalue weighted by Gasteiger charge is 2.27. The van der Waals surface area contributed by atoms with Gasteiger partial charge in [0.15, 0.2) is 0 Å². The van der Waals surface area contributed by atoms with Gasteiger partial charge in [-0.3, -0.25) is 0 Å². The van der Waals surface area contributed by atoms with E-state index in [1.54, 1.807) is 11.8 Å². The average Bonchev–Trinajstić information content (AvgIpc) is 2.66. The molecule has 1 aliphatic rings. The SMILES string of the molecule is O=C(O)c1cc(S(=O)(=O)N2CCCSCC2)cs1. The Morgan fingerprint density at radius 1 is 1.33 bits per heavy atom. The number of rotatable bonds is 3. The summed E-state index contributed by atoms with van der Waals surface area (Å²) >= 11 is 2.69. The summed E-state index contributed by atoms with van der Waals surface area (Å²) in [5.74, 6) is 0.665. The second kappa shape index (κ2) is 5.60. The quantitative estimate of drug-likeness (QED) is 0.917. The predicted molar refractivity (Wildman–Crippen MR) is 72.0 cm³/mol. The number of hydrogen-bond donors (Lipinski definition) is 1. The van der Waals surface area contributed by atoms with E-state index in [2.05, 4.69) is 0 Å². The highest BCUT2D eigenvalue weighted by molar-refractivity contribution is 7.99. The molecule has 0 amide bonds. The van der Waals surface area contributed by atoms with Gasteiger partial charge in [-0.05, 0) is 18.2 Å². The molecule has 0 saturated carbocycles. The average molecular weight is 307 g/mol. The Labute approximate surface area is 114 Å². The second-order valence-corrected chi connectivity index (χ2v) is 7.90. The summed E-state index contributed by atoms with van der Waals surface area (Å²) < 4.78 is 26.1. The van der Waals surface area contributed by atoms with Gasteiger partial charge in [0.2, 0.25) is 10.0 Å². The lowest BCUT2D eigenvalue weighted by Gasteiger charge is -2.18. The lowest BCUT2D eigenvalue weighted by molar-refractivity contribution is 0.0702. The molecule has 0 aromatic carbocycles. The zero-order valence-corrected chi connectivity index (χ0v) is 12.0. The summed E-state index contributed by atoms with van der Waals surface area (Å²) in [7, 11) is -3.53. The first kappa shape index (κ1) is 13.9. The van der Waals surface area contributed by atoms with Gasteiger partial charge >= 0.3 is 5.97 Å². The van der Waals surface area contributed by atoms with E-state index in [0.717, 1.165) is 29.3 Å². The molecule has 0 bridgehead atoms. The van der Waals surface area contributed by atoms with E-state index in [1.165, 1.54) is 15.8 Å². The van der Waals surface area contributed by atoms with Gasteiger partial charge in [0.1, 0.15) is 4.88 Å². The van der Waals surface area contributed by atoms with Crippen molar-refractivity contribution in [3.8, 4) is 0 Å². The zero-order chi connectivity index (χ0) is 13.2. The molecule has 0 unspecified atom stereocenters. The van der Waals surface area contributed by atoms with Crippen molar-refractivity contribution in [2.75, 3.05) is 24.6 Å². The van der Waals surface area contributed by atoms with E-state index < -0.39 is 16.0 Å². The van der Waals surface area contributed by atoms with Crippen LogP contribution in [0, 0.1) is 0 Å². The highest BCUT2D eigenvalue weighted by atomic mass is 32.2. The first-order valence-corrected chi connectivity index (χ1v) is 8.89. The predicted octanol–water partition coefficient (Wildman–Crippen LogP) is 1.57. The third kappa shape index (κ3) is 2.87. The number of nitrogens with zero attached hydrogens (tertiary/aromatic N) is 1. The van der Waals surface area contributed by atoms with E-state index in [-0.39, 0.29) is 9.77 Å². The minimum absolute atomic E-state index is 0.0535. The number of thioether (sulfide) groups is 1. The summed E-state index contributed by atoms with van der Waals surface area (Å²) in [6.45, 7) is 0.999. The highest BCUT2D eigenvalue weighted by Crippen LogP contribution is 2.24. The molecule has 0 radical (unpaired) electrons. The molecular formula is C10H13NO4S3. The first-order valence-electron chi connectivity index (χ1n) is 5.41. The zero-order valence-electron chi connectivity index (χ0n) is 9.53. The van der Waals surface area contributed by atoms with Crippen molar-refractivity contribution in [1.82, 2.24) is 4.31 Å². The molecule has 1 aromatic rings. The van der Waals surface area contributed by atoms with Crippen molar-refractivity contribution in [1.29, 1.82) is 0 Å². The molecule has 100 valence electrons. The summed E-state index contributed by atoms with van der Waals surface area (Å²) in [4.78, 5) is 10.9. The van der Waals surface area contributed by atoms with Gasteiger partial charge in [-0.15, -0.1) is 11.3 Å². The van der Waals surface area contributed by atoms with Crippen LogP contribution in [0.2, 0.25) is 0 Å². The molecule has 0 spiro atoms. The fourth-order valence-electron chi connectivity index (χ4n) is 1.68. The fraction of sp³-hybridized carbons (Fsp3) is 0.500. The number of thiophene rings is 1. The van der Waals surface area contributed by atoms with Crippen LogP contribution in [-0.4, -0.2) is 48.4 Å². The minimum Gasteiger partial charge on any atom is -0.477 e. The molecule has 5 nitrogen and oxygen atoms in total. The third-order valence-corrected chi connectivity index (χ3v) is 6.60.